The molecule has 3 saturated heterocycles. The number of likely N-dealkylation sites (N-methyl/N-ethyl adjacent to an activating group) is 1. The lowest BCUT2D eigenvalue weighted by Gasteiger charge is -2.50. The van der Waals surface area contributed by atoms with Gasteiger partial charge in [-0.2, -0.15) is 0 Å². The Morgan fingerprint density at radius 2 is 1.76 bits per heavy atom. The maximum Gasteiger partial charge on any atom is 0.303 e. The van der Waals surface area contributed by atoms with E-state index in [-0.39, 0.29) is 36.3 Å². The first kappa shape index (κ1) is 41.0. The van der Waals surface area contributed by atoms with E-state index in [9.17, 15) is 24.6 Å². The average Bonchev–Trinajstić information content (AvgIpc) is 3.06. The minimum atomic E-state index is -1.39. The molecule has 0 aromatic heterocycles. The summed E-state index contributed by atoms with van der Waals surface area (Å²) in [6.07, 6.45) is 1.10. The number of fused-ring (bicyclic) bond motifs is 1. The molecule has 286 valence electrons. The van der Waals surface area contributed by atoms with E-state index in [2.05, 4.69) is 5.32 Å². The van der Waals surface area contributed by atoms with E-state index in [1.807, 2.05) is 51.9 Å². The Labute approximate surface area is 297 Å². The first-order chi connectivity index (χ1) is 23.5. The molecule has 0 aromatic carbocycles. The molecule has 3 heterocycles. The van der Waals surface area contributed by atoms with E-state index in [1.54, 1.807) is 13.8 Å². The number of aliphatic hydroxyl groups is 2. The molecular weight excluding hydrogens is 648 g/mol. The summed E-state index contributed by atoms with van der Waals surface area (Å²) in [6.45, 7) is 10.5. The van der Waals surface area contributed by atoms with Crippen LogP contribution >= 0.6 is 0 Å². The van der Waals surface area contributed by atoms with Crippen LogP contribution in [0.5, 0.6) is 0 Å². The lowest BCUT2D eigenvalue weighted by atomic mass is 9.78. The van der Waals surface area contributed by atoms with Crippen molar-refractivity contribution in [3.05, 3.63) is 12.2 Å². The molecule has 0 radical (unpaired) electrons. The van der Waals surface area contributed by atoms with Crippen molar-refractivity contribution in [2.45, 2.75) is 171 Å². The van der Waals surface area contributed by atoms with Crippen LogP contribution in [0.3, 0.4) is 0 Å². The second-order valence-corrected chi connectivity index (χ2v) is 15.6. The number of carbonyl (C=O) groups is 3. The molecule has 50 heavy (non-hydrogen) atoms. The van der Waals surface area contributed by atoms with Crippen LogP contribution in [-0.2, 0) is 42.8 Å². The van der Waals surface area contributed by atoms with Gasteiger partial charge in [0.25, 0.3) is 0 Å². The van der Waals surface area contributed by atoms with E-state index in [0.29, 0.717) is 44.9 Å². The number of esters is 1. The zero-order chi connectivity index (χ0) is 37.0. The molecule has 0 bridgehead atoms. The Kier molecular flexibility index (Phi) is 14.2. The number of nitrogens with zero attached hydrogens (tertiary/aromatic N) is 1. The summed E-state index contributed by atoms with van der Waals surface area (Å²) in [5.74, 6) is -1.35. The zero-order valence-corrected chi connectivity index (χ0v) is 31.4. The van der Waals surface area contributed by atoms with E-state index in [0.717, 1.165) is 6.29 Å². The number of rotatable bonds is 8. The van der Waals surface area contributed by atoms with Crippen molar-refractivity contribution >= 4 is 18.0 Å². The molecule has 3 aliphatic heterocycles. The summed E-state index contributed by atoms with van der Waals surface area (Å²) >= 11 is 0. The maximum absolute atomic E-state index is 13.5. The number of Topliss-reactive ketones (excluding diaryl/α,β-unsaturated/α-hetero) is 1. The van der Waals surface area contributed by atoms with Gasteiger partial charge in [-0.25, -0.2) is 0 Å². The Bertz CT molecular complexity index is 1190. The summed E-state index contributed by atoms with van der Waals surface area (Å²) < 4.78 is 37.5. The van der Waals surface area contributed by atoms with Gasteiger partial charge < -0.3 is 48.3 Å². The predicted octanol–water partition coefficient (Wildman–Crippen LogP) is 2.68. The number of allylic oxidation sites excluding steroid dienone is 1. The normalized spacial score (nSPS) is 45.1. The first-order valence-electron chi connectivity index (χ1n) is 18.3. The molecule has 0 unspecified atom stereocenters. The van der Waals surface area contributed by atoms with Gasteiger partial charge in [-0.15, -0.1) is 0 Å². The number of aliphatic hydroxyl groups excluding tert-OH is 2. The van der Waals surface area contributed by atoms with Crippen molar-refractivity contribution < 1.29 is 53.0 Å². The third-order valence-corrected chi connectivity index (χ3v) is 11.3. The highest BCUT2D eigenvalue weighted by Gasteiger charge is 2.53. The van der Waals surface area contributed by atoms with Crippen molar-refractivity contribution in [3.63, 3.8) is 0 Å². The fourth-order valence-electron chi connectivity index (χ4n) is 8.42. The topological polar surface area (TPSA) is 162 Å². The summed E-state index contributed by atoms with van der Waals surface area (Å²) in [6, 6.07) is -0.573. The van der Waals surface area contributed by atoms with Gasteiger partial charge in [-0.1, -0.05) is 25.5 Å². The molecule has 3 N–H and O–H groups in total. The van der Waals surface area contributed by atoms with Crippen LogP contribution in [0.15, 0.2) is 12.2 Å². The summed E-state index contributed by atoms with van der Waals surface area (Å²) in [7, 11) is 5.32. The Balaban J connectivity index is 1.76. The van der Waals surface area contributed by atoms with E-state index >= 15 is 0 Å². The largest absolute Gasteiger partial charge is 0.457 e. The van der Waals surface area contributed by atoms with Gasteiger partial charge in [0.15, 0.2) is 18.7 Å². The molecule has 4 rings (SSSR count). The van der Waals surface area contributed by atoms with Gasteiger partial charge in [0.1, 0.15) is 23.8 Å². The van der Waals surface area contributed by atoms with Crippen molar-refractivity contribution in [2.75, 3.05) is 21.2 Å². The van der Waals surface area contributed by atoms with Gasteiger partial charge in [0, 0.05) is 50.8 Å². The third-order valence-electron chi connectivity index (χ3n) is 11.3. The standard InChI is InChI=1S/C37H62N2O11/c1-21-18-27(39(7)8)31(44)35(46-21)50-32-22(2)33(49-30-19-37(6,45-9)34(23(3)47-30)48-24(4)41)36(5,20-40)38-26-15-11-10-14-25(26)28(42)16-12-13-17-29(32)43/h10-11,20-23,25-27,29-35,38,43-44H,12-19H2,1-9H3/t21-,22-,23+,25-,26+,27+,29-,30+,31-,32-,33+,34+,35+,36+,37-/m1/s1. The van der Waals surface area contributed by atoms with Crippen molar-refractivity contribution in [2.24, 2.45) is 11.8 Å². The highest BCUT2D eigenvalue weighted by Crippen LogP contribution is 2.39. The Hall–Kier alpha value is -1.81. The van der Waals surface area contributed by atoms with Crippen LogP contribution in [0, 0.1) is 11.8 Å². The van der Waals surface area contributed by atoms with E-state index in [4.69, 9.17) is 28.4 Å². The minimum absolute atomic E-state index is 0.117. The quantitative estimate of drug-likeness (QED) is 0.192. The summed E-state index contributed by atoms with van der Waals surface area (Å²) in [5, 5.41) is 26.8. The molecular formula is C37H62N2O11. The molecule has 13 nitrogen and oxygen atoms in total. The second-order valence-electron chi connectivity index (χ2n) is 15.6. The second kappa shape index (κ2) is 17.3. The Morgan fingerprint density at radius 1 is 1.06 bits per heavy atom. The number of ketones is 1. The van der Waals surface area contributed by atoms with Crippen molar-refractivity contribution in [3.8, 4) is 0 Å². The molecule has 13 heteroatoms. The lowest BCUT2D eigenvalue weighted by Crippen LogP contribution is -2.66. The molecule has 0 spiro atoms. The SMILES string of the molecule is CO[C@]1(C)C[C@H](O[C@H]2[C@H](C)[C@@H](O[C@@H]3O[C@H](C)C[C@H](N(C)C)[C@H]3O)[C@H](O)CCCCC(=O)[C@@H]3CC=CC[C@@H]3N[C@@]2(C)C=O)O[C@@H](C)[C@@H]1OC(C)=O. The zero-order valence-electron chi connectivity index (χ0n) is 31.4. The highest BCUT2D eigenvalue weighted by atomic mass is 16.7. The first-order valence-corrected chi connectivity index (χ1v) is 18.3. The molecule has 15 atom stereocenters. The van der Waals surface area contributed by atoms with Crippen LogP contribution in [-0.4, -0.2) is 133 Å². The molecule has 0 aromatic rings. The number of methoxy groups -OCH3 is 1. The summed E-state index contributed by atoms with van der Waals surface area (Å²) in [5.41, 5.74) is -2.37. The van der Waals surface area contributed by atoms with E-state index < -0.39 is 72.2 Å². The predicted molar refractivity (Wildman–Crippen MR) is 184 cm³/mol. The van der Waals surface area contributed by atoms with Crippen molar-refractivity contribution in [1.82, 2.24) is 10.2 Å². The van der Waals surface area contributed by atoms with Crippen LogP contribution < -0.4 is 5.32 Å². The molecule has 0 amide bonds. The van der Waals surface area contributed by atoms with Gasteiger partial charge in [0.2, 0.25) is 0 Å². The molecule has 3 fully saturated rings. The number of hydrogen-bond acceptors (Lipinski definition) is 13. The van der Waals surface area contributed by atoms with E-state index in [1.165, 1.54) is 14.0 Å². The lowest BCUT2D eigenvalue weighted by molar-refractivity contribution is -0.313. The number of aldehydes is 1. The monoisotopic (exact) mass is 710 g/mol. The Morgan fingerprint density at radius 3 is 2.40 bits per heavy atom. The highest BCUT2D eigenvalue weighted by molar-refractivity contribution is 5.82. The molecule has 1 aliphatic carbocycles. The molecule has 4 aliphatic rings. The average molecular weight is 711 g/mol. The van der Waals surface area contributed by atoms with Gasteiger partial charge >= 0.3 is 5.97 Å². The third kappa shape index (κ3) is 9.40. The number of carbonyl (C=O) groups excluding carboxylic acids is 3. The number of hydrogen-bond donors (Lipinski definition) is 3. The van der Waals surface area contributed by atoms with Crippen molar-refractivity contribution in [1.29, 1.82) is 0 Å². The fraction of sp³-hybridized carbons (Fsp3) is 0.865. The van der Waals surface area contributed by atoms with Crippen LogP contribution in [0.25, 0.3) is 0 Å². The van der Waals surface area contributed by atoms with Gasteiger partial charge in [0.05, 0.1) is 36.1 Å². The van der Waals surface area contributed by atoms with Gasteiger partial charge in [-0.3, -0.25) is 14.9 Å². The van der Waals surface area contributed by atoms with Crippen LogP contribution in [0.4, 0.5) is 0 Å². The van der Waals surface area contributed by atoms with Crippen LogP contribution in [0.2, 0.25) is 0 Å². The minimum Gasteiger partial charge on any atom is -0.457 e. The fourth-order valence-corrected chi connectivity index (χ4v) is 8.42. The number of ether oxygens (including phenoxy) is 6. The summed E-state index contributed by atoms with van der Waals surface area (Å²) in [4.78, 5) is 40.8. The maximum atomic E-state index is 13.5. The molecule has 0 saturated carbocycles. The number of nitrogens with one attached hydrogen (secondary N) is 1. The van der Waals surface area contributed by atoms with Crippen LogP contribution in [0.1, 0.15) is 92.9 Å². The smallest absolute Gasteiger partial charge is 0.303 e. The van der Waals surface area contributed by atoms with Gasteiger partial charge in [-0.05, 0) is 73.9 Å².